The quantitative estimate of drug-likeness (QED) is 0.519. The molecule has 4 nitrogen and oxygen atoms in total. The first-order valence-electron chi connectivity index (χ1n) is 7.29. The Bertz CT molecular complexity index is 404. The van der Waals surface area contributed by atoms with Gasteiger partial charge in [-0.2, -0.15) is 0 Å². The second kappa shape index (κ2) is 9.53. The van der Waals surface area contributed by atoms with Gasteiger partial charge in [-0.25, -0.2) is 0 Å². The fourth-order valence-corrected chi connectivity index (χ4v) is 1.83. The molecule has 0 spiro atoms. The summed E-state index contributed by atoms with van der Waals surface area (Å²) in [6, 6.07) is 7.66. The molecule has 5 N–H and O–H groups in total. The van der Waals surface area contributed by atoms with E-state index in [1.165, 1.54) is 0 Å². The van der Waals surface area contributed by atoms with Crippen LogP contribution in [0.5, 0.6) is 5.75 Å². The lowest BCUT2D eigenvalue weighted by Crippen LogP contribution is -2.42. The maximum atomic E-state index is 9.75. The summed E-state index contributed by atoms with van der Waals surface area (Å²) in [4.78, 5) is 0. The number of para-hydroxylation sites is 1. The summed E-state index contributed by atoms with van der Waals surface area (Å²) in [5.74, 6) is 0.302. The predicted octanol–water partition coefficient (Wildman–Crippen LogP) is 1.71. The van der Waals surface area contributed by atoms with Crippen molar-refractivity contribution in [2.24, 2.45) is 5.73 Å². The molecule has 0 aromatic heterocycles. The van der Waals surface area contributed by atoms with Crippen LogP contribution in [0.15, 0.2) is 30.3 Å². The van der Waals surface area contributed by atoms with Crippen molar-refractivity contribution in [2.75, 3.05) is 19.6 Å². The van der Waals surface area contributed by atoms with Crippen LogP contribution in [-0.4, -0.2) is 36.8 Å². The number of phenols is 1. The summed E-state index contributed by atoms with van der Waals surface area (Å²) in [6.45, 7) is 6.75. The molecular weight excluding hydrogens is 250 g/mol. The van der Waals surface area contributed by atoms with E-state index in [1.54, 1.807) is 6.07 Å². The number of benzene rings is 1. The van der Waals surface area contributed by atoms with E-state index in [-0.39, 0.29) is 12.1 Å². The van der Waals surface area contributed by atoms with E-state index in [9.17, 15) is 5.11 Å². The third-order valence-corrected chi connectivity index (χ3v) is 2.94. The minimum Gasteiger partial charge on any atom is -0.507 e. The Hall–Kier alpha value is -1.36. The standard InChI is InChI=1S/C16H27N3O/c1-3-10-18-12-15(19-11-13(2)17)9-8-14-6-4-5-7-16(14)20/h4-9,13,15,18-20H,3,10-12,17H2,1-2H3. The molecule has 0 fully saturated rings. The van der Waals surface area contributed by atoms with Crippen molar-refractivity contribution < 1.29 is 5.11 Å². The van der Waals surface area contributed by atoms with Gasteiger partial charge in [0.15, 0.2) is 0 Å². The normalized spacial score (nSPS) is 14.6. The van der Waals surface area contributed by atoms with Gasteiger partial charge in [-0.05, 0) is 26.0 Å². The van der Waals surface area contributed by atoms with Crippen LogP contribution in [0.3, 0.4) is 0 Å². The molecule has 112 valence electrons. The Morgan fingerprint density at radius 3 is 2.70 bits per heavy atom. The van der Waals surface area contributed by atoms with Crippen molar-refractivity contribution in [3.05, 3.63) is 35.9 Å². The maximum Gasteiger partial charge on any atom is 0.122 e. The zero-order chi connectivity index (χ0) is 14.8. The molecule has 4 heteroatoms. The number of hydrogen-bond acceptors (Lipinski definition) is 4. The summed E-state index contributed by atoms with van der Waals surface area (Å²) in [7, 11) is 0. The molecule has 2 unspecified atom stereocenters. The number of hydrogen-bond donors (Lipinski definition) is 4. The molecule has 0 heterocycles. The Morgan fingerprint density at radius 2 is 2.05 bits per heavy atom. The van der Waals surface area contributed by atoms with E-state index in [4.69, 9.17) is 5.73 Å². The second-order valence-corrected chi connectivity index (χ2v) is 5.11. The molecular formula is C16H27N3O. The van der Waals surface area contributed by atoms with Gasteiger partial charge in [-0.15, -0.1) is 0 Å². The van der Waals surface area contributed by atoms with Gasteiger partial charge in [0.25, 0.3) is 0 Å². The summed E-state index contributed by atoms with van der Waals surface area (Å²) in [5.41, 5.74) is 6.61. The molecule has 2 atom stereocenters. The summed E-state index contributed by atoms with van der Waals surface area (Å²) >= 11 is 0. The Kier molecular flexibility index (Phi) is 7.95. The molecule has 1 aromatic carbocycles. The summed E-state index contributed by atoms with van der Waals surface area (Å²) in [6.07, 6.45) is 5.13. The van der Waals surface area contributed by atoms with Crippen molar-refractivity contribution in [1.29, 1.82) is 0 Å². The zero-order valence-corrected chi connectivity index (χ0v) is 12.5. The molecule has 0 saturated heterocycles. The van der Waals surface area contributed by atoms with Crippen molar-refractivity contribution in [3.8, 4) is 5.75 Å². The molecule has 0 aliphatic heterocycles. The van der Waals surface area contributed by atoms with E-state index in [0.29, 0.717) is 5.75 Å². The van der Waals surface area contributed by atoms with Gasteiger partial charge in [0.05, 0.1) is 0 Å². The van der Waals surface area contributed by atoms with E-state index in [1.807, 2.05) is 31.2 Å². The van der Waals surface area contributed by atoms with E-state index in [0.717, 1.165) is 31.6 Å². The minimum atomic E-state index is 0.127. The van der Waals surface area contributed by atoms with Crippen LogP contribution < -0.4 is 16.4 Å². The second-order valence-electron chi connectivity index (χ2n) is 5.11. The molecule has 0 amide bonds. The average molecular weight is 277 g/mol. The smallest absolute Gasteiger partial charge is 0.122 e. The van der Waals surface area contributed by atoms with Crippen LogP contribution in [0.4, 0.5) is 0 Å². The number of phenolic OH excluding ortho intramolecular Hbond substituents is 1. The number of nitrogens with one attached hydrogen (secondary N) is 2. The molecule has 1 rings (SSSR count). The summed E-state index contributed by atoms with van der Waals surface area (Å²) in [5, 5.41) is 16.6. The molecule has 1 aromatic rings. The SMILES string of the molecule is CCCNCC(C=Cc1ccccc1O)NCC(C)N. The number of nitrogens with two attached hydrogens (primary N) is 1. The fraction of sp³-hybridized carbons (Fsp3) is 0.500. The van der Waals surface area contributed by atoms with Crippen molar-refractivity contribution in [3.63, 3.8) is 0 Å². The minimum absolute atomic E-state index is 0.127. The first-order valence-corrected chi connectivity index (χ1v) is 7.29. The highest BCUT2D eigenvalue weighted by molar-refractivity contribution is 5.57. The number of rotatable bonds is 9. The Balaban J connectivity index is 2.59. The third kappa shape index (κ3) is 6.70. The zero-order valence-electron chi connectivity index (χ0n) is 12.5. The lowest BCUT2D eigenvalue weighted by Gasteiger charge is -2.17. The Labute approximate surface area is 122 Å². The van der Waals surface area contributed by atoms with Gasteiger partial charge in [0.2, 0.25) is 0 Å². The molecule has 20 heavy (non-hydrogen) atoms. The first-order chi connectivity index (χ1) is 9.63. The third-order valence-electron chi connectivity index (χ3n) is 2.94. The first kappa shape index (κ1) is 16.7. The van der Waals surface area contributed by atoms with Gasteiger partial charge < -0.3 is 21.5 Å². The van der Waals surface area contributed by atoms with Crippen LogP contribution in [0.1, 0.15) is 25.8 Å². The van der Waals surface area contributed by atoms with Gasteiger partial charge in [-0.1, -0.05) is 37.3 Å². The van der Waals surface area contributed by atoms with Gasteiger partial charge in [0, 0.05) is 30.7 Å². The molecule has 0 bridgehead atoms. The molecule has 0 aliphatic carbocycles. The van der Waals surface area contributed by atoms with Crippen LogP contribution in [0.2, 0.25) is 0 Å². The van der Waals surface area contributed by atoms with E-state index < -0.39 is 0 Å². The summed E-state index contributed by atoms with van der Waals surface area (Å²) < 4.78 is 0. The highest BCUT2D eigenvalue weighted by Gasteiger charge is 2.05. The Morgan fingerprint density at radius 1 is 1.30 bits per heavy atom. The largest absolute Gasteiger partial charge is 0.507 e. The van der Waals surface area contributed by atoms with Crippen molar-refractivity contribution in [1.82, 2.24) is 10.6 Å². The van der Waals surface area contributed by atoms with Crippen LogP contribution in [0.25, 0.3) is 6.08 Å². The van der Waals surface area contributed by atoms with Crippen LogP contribution >= 0.6 is 0 Å². The monoisotopic (exact) mass is 277 g/mol. The maximum absolute atomic E-state index is 9.75. The highest BCUT2D eigenvalue weighted by atomic mass is 16.3. The molecule has 0 saturated carbocycles. The predicted molar refractivity (Wildman–Crippen MR) is 85.7 cm³/mol. The van der Waals surface area contributed by atoms with Gasteiger partial charge >= 0.3 is 0 Å². The highest BCUT2D eigenvalue weighted by Crippen LogP contribution is 2.17. The van der Waals surface area contributed by atoms with Gasteiger partial charge in [-0.3, -0.25) is 0 Å². The van der Waals surface area contributed by atoms with Crippen LogP contribution in [-0.2, 0) is 0 Å². The van der Waals surface area contributed by atoms with Crippen molar-refractivity contribution >= 4 is 6.08 Å². The lowest BCUT2D eigenvalue weighted by atomic mass is 10.1. The lowest BCUT2D eigenvalue weighted by molar-refractivity contribution is 0.474. The van der Waals surface area contributed by atoms with E-state index >= 15 is 0 Å². The average Bonchev–Trinajstić information content (AvgIpc) is 2.43. The van der Waals surface area contributed by atoms with Crippen molar-refractivity contribution in [2.45, 2.75) is 32.4 Å². The van der Waals surface area contributed by atoms with Gasteiger partial charge in [0.1, 0.15) is 5.75 Å². The molecule has 0 radical (unpaired) electrons. The fourth-order valence-electron chi connectivity index (χ4n) is 1.83. The molecule has 0 aliphatic rings. The van der Waals surface area contributed by atoms with Crippen LogP contribution in [0, 0.1) is 0 Å². The van der Waals surface area contributed by atoms with E-state index in [2.05, 4.69) is 23.6 Å². The number of aromatic hydroxyl groups is 1. The topological polar surface area (TPSA) is 70.3 Å².